The van der Waals surface area contributed by atoms with E-state index in [9.17, 15) is 14.4 Å². The molecule has 1 fully saturated rings. The topological polar surface area (TPSA) is 75.7 Å². The summed E-state index contributed by atoms with van der Waals surface area (Å²) < 4.78 is 4.84. The highest BCUT2D eigenvalue weighted by Gasteiger charge is 2.35. The van der Waals surface area contributed by atoms with Crippen molar-refractivity contribution in [3.05, 3.63) is 65.7 Å². The number of hydrogen-bond donors (Lipinski definition) is 1. The Kier molecular flexibility index (Phi) is 6.44. The van der Waals surface area contributed by atoms with Crippen LogP contribution in [-0.4, -0.2) is 30.9 Å². The molecule has 29 heavy (non-hydrogen) atoms. The first kappa shape index (κ1) is 20.3. The van der Waals surface area contributed by atoms with Crippen LogP contribution in [0.3, 0.4) is 0 Å². The summed E-state index contributed by atoms with van der Waals surface area (Å²) >= 11 is 0. The highest BCUT2D eigenvalue weighted by atomic mass is 16.5. The number of aryl methyl sites for hydroxylation is 1. The minimum Gasteiger partial charge on any atom is -0.463 e. The summed E-state index contributed by atoms with van der Waals surface area (Å²) in [6.45, 7) is 4.44. The minimum atomic E-state index is -0.396. The van der Waals surface area contributed by atoms with Crippen molar-refractivity contribution in [2.45, 2.75) is 20.3 Å². The SMILES string of the molecule is CCOC(=O)/C=C/c1ccc(NC(=O)[C@H]2CC(=O)N(c3ccc(C)cc3)C2)cc1. The van der Waals surface area contributed by atoms with Crippen LogP contribution in [0.5, 0.6) is 0 Å². The Labute approximate surface area is 170 Å². The Bertz CT molecular complexity index is 917. The van der Waals surface area contributed by atoms with E-state index in [0.29, 0.717) is 18.8 Å². The van der Waals surface area contributed by atoms with Crippen LogP contribution in [0, 0.1) is 12.8 Å². The van der Waals surface area contributed by atoms with Crippen molar-refractivity contribution in [2.75, 3.05) is 23.4 Å². The van der Waals surface area contributed by atoms with Crippen molar-refractivity contribution in [1.29, 1.82) is 0 Å². The lowest BCUT2D eigenvalue weighted by atomic mass is 10.1. The van der Waals surface area contributed by atoms with Gasteiger partial charge in [-0.15, -0.1) is 0 Å². The van der Waals surface area contributed by atoms with Crippen LogP contribution in [0.2, 0.25) is 0 Å². The Morgan fingerprint density at radius 2 is 1.83 bits per heavy atom. The molecule has 3 rings (SSSR count). The lowest BCUT2D eigenvalue weighted by molar-refractivity contribution is -0.137. The molecule has 0 aromatic heterocycles. The van der Waals surface area contributed by atoms with E-state index in [1.165, 1.54) is 6.08 Å². The Morgan fingerprint density at radius 1 is 1.14 bits per heavy atom. The van der Waals surface area contributed by atoms with Gasteiger partial charge in [-0.3, -0.25) is 9.59 Å². The zero-order chi connectivity index (χ0) is 20.8. The summed E-state index contributed by atoms with van der Waals surface area (Å²) in [5.74, 6) is -1.02. The van der Waals surface area contributed by atoms with Crippen molar-refractivity contribution in [2.24, 2.45) is 5.92 Å². The molecule has 6 heteroatoms. The number of rotatable bonds is 6. The number of carbonyl (C=O) groups excluding carboxylic acids is 3. The molecule has 1 atom stereocenters. The second-order valence-electron chi connectivity index (χ2n) is 6.94. The van der Waals surface area contributed by atoms with E-state index < -0.39 is 11.9 Å². The Morgan fingerprint density at radius 3 is 2.48 bits per heavy atom. The molecular weight excluding hydrogens is 368 g/mol. The van der Waals surface area contributed by atoms with Gasteiger partial charge in [-0.2, -0.15) is 0 Å². The highest BCUT2D eigenvalue weighted by Crippen LogP contribution is 2.26. The minimum absolute atomic E-state index is 0.0477. The van der Waals surface area contributed by atoms with Crippen LogP contribution in [-0.2, 0) is 19.1 Å². The van der Waals surface area contributed by atoms with Crippen LogP contribution < -0.4 is 10.2 Å². The van der Waals surface area contributed by atoms with E-state index >= 15 is 0 Å². The van der Waals surface area contributed by atoms with Gasteiger partial charge in [-0.25, -0.2) is 4.79 Å². The summed E-state index contributed by atoms with van der Waals surface area (Å²) in [5, 5.41) is 2.86. The first-order valence-electron chi connectivity index (χ1n) is 9.59. The molecule has 1 aliphatic rings. The van der Waals surface area contributed by atoms with E-state index in [4.69, 9.17) is 4.74 Å². The average molecular weight is 392 g/mol. The van der Waals surface area contributed by atoms with Crippen molar-refractivity contribution in [3.63, 3.8) is 0 Å². The summed E-state index contributed by atoms with van der Waals surface area (Å²) in [6.07, 6.45) is 3.21. The standard InChI is InChI=1S/C23H24N2O4/c1-3-29-22(27)13-8-17-6-9-19(10-7-17)24-23(28)18-14-21(26)25(15-18)20-11-4-16(2)5-12-20/h4-13,18H,3,14-15H2,1-2H3,(H,24,28)/b13-8+/t18-/m0/s1. The van der Waals surface area contributed by atoms with Crippen LogP contribution in [0.4, 0.5) is 11.4 Å². The molecular formula is C23H24N2O4. The van der Waals surface area contributed by atoms with Crippen molar-refractivity contribution < 1.29 is 19.1 Å². The maximum Gasteiger partial charge on any atom is 0.330 e. The number of hydrogen-bond acceptors (Lipinski definition) is 4. The molecule has 1 aliphatic heterocycles. The fourth-order valence-electron chi connectivity index (χ4n) is 3.13. The van der Waals surface area contributed by atoms with Crippen LogP contribution in [0.15, 0.2) is 54.6 Å². The maximum atomic E-state index is 12.6. The summed E-state index contributed by atoms with van der Waals surface area (Å²) in [7, 11) is 0. The third-order valence-corrected chi connectivity index (χ3v) is 4.72. The first-order valence-corrected chi connectivity index (χ1v) is 9.59. The van der Waals surface area contributed by atoms with E-state index in [2.05, 4.69) is 5.32 Å². The zero-order valence-corrected chi connectivity index (χ0v) is 16.6. The van der Waals surface area contributed by atoms with Crippen LogP contribution in [0.1, 0.15) is 24.5 Å². The number of esters is 1. The molecule has 1 saturated heterocycles. The monoisotopic (exact) mass is 392 g/mol. The molecule has 150 valence electrons. The van der Waals surface area contributed by atoms with Crippen molar-refractivity contribution >= 4 is 35.2 Å². The highest BCUT2D eigenvalue weighted by molar-refractivity contribution is 6.03. The Balaban J connectivity index is 1.58. The Hall–Kier alpha value is -3.41. The van der Waals surface area contributed by atoms with Gasteiger partial charge in [-0.05, 0) is 49.8 Å². The molecule has 0 unspecified atom stereocenters. The van der Waals surface area contributed by atoms with Gasteiger partial charge in [0.25, 0.3) is 0 Å². The van der Waals surface area contributed by atoms with E-state index in [0.717, 1.165) is 16.8 Å². The fraction of sp³-hybridized carbons (Fsp3) is 0.261. The van der Waals surface area contributed by atoms with Gasteiger partial charge in [0.15, 0.2) is 0 Å². The average Bonchev–Trinajstić information content (AvgIpc) is 3.10. The molecule has 1 heterocycles. The number of anilines is 2. The molecule has 2 amide bonds. The van der Waals surface area contributed by atoms with Crippen molar-refractivity contribution in [3.8, 4) is 0 Å². The van der Waals surface area contributed by atoms with E-state index in [-0.39, 0.29) is 18.2 Å². The summed E-state index contributed by atoms with van der Waals surface area (Å²) in [4.78, 5) is 38.0. The normalized spacial score (nSPS) is 16.3. The quantitative estimate of drug-likeness (QED) is 0.602. The van der Waals surface area contributed by atoms with Gasteiger partial charge in [-0.1, -0.05) is 29.8 Å². The third-order valence-electron chi connectivity index (χ3n) is 4.72. The van der Waals surface area contributed by atoms with E-state index in [1.807, 2.05) is 31.2 Å². The fourth-order valence-corrected chi connectivity index (χ4v) is 3.13. The first-order chi connectivity index (χ1) is 14.0. The van der Waals surface area contributed by atoms with Gasteiger partial charge < -0.3 is 15.0 Å². The number of nitrogens with zero attached hydrogens (tertiary/aromatic N) is 1. The van der Waals surface area contributed by atoms with Crippen molar-refractivity contribution in [1.82, 2.24) is 0 Å². The van der Waals surface area contributed by atoms with E-state index in [1.54, 1.807) is 42.2 Å². The second-order valence-corrected chi connectivity index (χ2v) is 6.94. The van der Waals surface area contributed by atoms with Gasteiger partial charge in [0.1, 0.15) is 0 Å². The summed E-state index contributed by atoms with van der Waals surface area (Å²) in [6, 6.07) is 14.8. The molecule has 0 spiro atoms. The molecule has 1 N–H and O–H groups in total. The number of nitrogens with one attached hydrogen (secondary N) is 1. The number of carbonyl (C=O) groups is 3. The largest absolute Gasteiger partial charge is 0.463 e. The third kappa shape index (κ3) is 5.31. The van der Waals surface area contributed by atoms with Gasteiger partial charge in [0.2, 0.25) is 11.8 Å². The zero-order valence-electron chi connectivity index (χ0n) is 16.6. The molecule has 6 nitrogen and oxygen atoms in total. The lowest BCUT2D eigenvalue weighted by Gasteiger charge is -2.17. The molecule has 0 bridgehead atoms. The smallest absolute Gasteiger partial charge is 0.330 e. The number of ether oxygens (including phenoxy) is 1. The van der Waals surface area contributed by atoms with Gasteiger partial charge in [0.05, 0.1) is 12.5 Å². The number of benzene rings is 2. The predicted octanol–water partition coefficient (Wildman–Crippen LogP) is 3.56. The molecule has 0 saturated carbocycles. The molecule has 0 aliphatic carbocycles. The predicted molar refractivity (Wildman–Crippen MR) is 112 cm³/mol. The van der Waals surface area contributed by atoms with Gasteiger partial charge in [0, 0.05) is 30.4 Å². The molecule has 0 radical (unpaired) electrons. The summed E-state index contributed by atoms with van der Waals surface area (Å²) in [5.41, 5.74) is 3.39. The second kappa shape index (κ2) is 9.19. The number of amides is 2. The lowest BCUT2D eigenvalue weighted by Crippen LogP contribution is -2.28. The van der Waals surface area contributed by atoms with Gasteiger partial charge >= 0.3 is 5.97 Å². The maximum absolute atomic E-state index is 12.6. The van der Waals surface area contributed by atoms with Crippen LogP contribution >= 0.6 is 0 Å². The molecule has 2 aromatic carbocycles. The molecule has 2 aromatic rings. The van der Waals surface area contributed by atoms with Crippen LogP contribution in [0.25, 0.3) is 6.08 Å².